The van der Waals surface area contributed by atoms with Crippen LogP contribution in [0.1, 0.15) is 29.7 Å². The Hall–Kier alpha value is -1.52. The van der Waals surface area contributed by atoms with E-state index in [0.717, 1.165) is 17.5 Å². The van der Waals surface area contributed by atoms with Crippen LogP contribution in [-0.4, -0.2) is 13.3 Å². The van der Waals surface area contributed by atoms with Crippen molar-refractivity contribution < 1.29 is 9.13 Å². The van der Waals surface area contributed by atoms with Crippen molar-refractivity contribution in [2.75, 3.05) is 13.3 Å². The van der Waals surface area contributed by atoms with Gasteiger partial charge in [-0.05, 0) is 37.1 Å². The van der Waals surface area contributed by atoms with Crippen LogP contribution in [0.5, 0.6) is 5.75 Å². The van der Waals surface area contributed by atoms with Gasteiger partial charge in [-0.1, -0.05) is 18.2 Å². The molecule has 0 saturated carbocycles. The summed E-state index contributed by atoms with van der Waals surface area (Å²) in [5, 5.41) is 3.30. The summed E-state index contributed by atoms with van der Waals surface area (Å²) in [5.74, 6) is 0.376. The molecule has 110 valence electrons. The van der Waals surface area contributed by atoms with Crippen LogP contribution >= 0.6 is 11.8 Å². The Balaban J connectivity index is 1.91. The molecule has 1 heterocycles. The van der Waals surface area contributed by atoms with Gasteiger partial charge in [-0.2, -0.15) is 0 Å². The van der Waals surface area contributed by atoms with Crippen molar-refractivity contribution in [3.63, 3.8) is 0 Å². The molecule has 0 radical (unpaired) electrons. The summed E-state index contributed by atoms with van der Waals surface area (Å²) in [5.41, 5.74) is 2.15. The van der Waals surface area contributed by atoms with Crippen molar-refractivity contribution in [2.24, 2.45) is 0 Å². The molecule has 2 aromatic rings. The Kier molecular flexibility index (Phi) is 4.17. The van der Waals surface area contributed by atoms with Gasteiger partial charge < -0.3 is 10.1 Å². The van der Waals surface area contributed by atoms with E-state index in [9.17, 15) is 4.39 Å². The molecule has 2 nitrogen and oxygen atoms in total. The van der Waals surface area contributed by atoms with Crippen LogP contribution in [0.4, 0.5) is 4.39 Å². The van der Waals surface area contributed by atoms with Crippen LogP contribution in [-0.2, 0) is 0 Å². The molecule has 21 heavy (non-hydrogen) atoms. The van der Waals surface area contributed by atoms with Gasteiger partial charge in [0, 0.05) is 29.0 Å². The fourth-order valence-electron chi connectivity index (χ4n) is 2.74. The maximum absolute atomic E-state index is 13.5. The molecular formula is C17H18FNOS. The zero-order valence-corrected chi connectivity index (χ0v) is 12.9. The third kappa shape index (κ3) is 2.92. The van der Waals surface area contributed by atoms with E-state index in [-0.39, 0.29) is 18.0 Å². The van der Waals surface area contributed by atoms with E-state index < -0.39 is 0 Å². The highest BCUT2D eigenvalue weighted by Crippen LogP contribution is 2.41. The molecule has 0 spiro atoms. The van der Waals surface area contributed by atoms with Crippen LogP contribution in [0.3, 0.4) is 0 Å². The molecule has 0 aliphatic carbocycles. The molecule has 0 aromatic heterocycles. The predicted molar refractivity (Wildman–Crippen MR) is 84.4 cm³/mol. The summed E-state index contributed by atoms with van der Waals surface area (Å²) in [6.45, 7) is 0. The lowest BCUT2D eigenvalue weighted by Gasteiger charge is -2.32. The number of ether oxygens (including phenoxy) is 1. The highest BCUT2D eigenvalue weighted by atomic mass is 32.2. The minimum absolute atomic E-state index is 0.0485. The number of benzene rings is 2. The van der Waals surface area contributed by atoms with Gasteiger partial charge in [0.25, 0.3) is 0 Å². The van der Waals surface area contributed by atoms with Crippen molar-refractivity contribution in [3.05, 3.63) is 59.4 Å². The van der Waals surface area contributed by atoms with Crippen LogP contribution < -0.4 is 10.1 Å². The summed E-state index contributed by atoms with van der Waals surface area (Å²) in [4.78, 5) is 1.23. The standard InChI is InChI=1S/C17H18FNOS/c1-19-15-10-16(11-3-6-13(21-2)7-4-11)20-17-9-12(18)5-8-14(15)17/h3-9,15-16,19H,10H2,1-2H3. The van der Waals surface area contributed by atoms with Gasteiger partial charge in [-0.25, -0.2) is 4.39 Å². The Morgan fingerprint density at radius 3 is 2.62 bits per heavy atom. The molecule has 1 N–H and O–H groups in total. The van der Waals surface area contributed by atoms with Crippen molar-refractivity contribution in [2.45, 2.75) is 23.5 Å². The maximum atomic E-state index is 13.5. The number of hydrogen-bond acceptors (Lipinski definition) is 3. The molecule has 0 amide bonds. The fraction of sp³-hybridized carbons (Fsp3) is 0.294. The topological polar surface area (TPSA) is 21.3 Å². The summed E-state index contributed by atoms with van der Waals surface area (Å²) in [7, 11) is 1.93. The molecule has 2 atom stereocenters. The van der Waals surface area contributed by atoms with E-state index >= 15 is 0 Å². The number of rotatable bonds is 3. The number of halogens is 1. The number of thioether (sulfide) groups is 1. The van der Waals surface area contributed by atoms with Crippen LogP contribution in [0.2, 0.25) is 0 Å². The van der Waals surface area contributed by atoms with Gasteiger partial charge in [0.05, 0.1) is 0 Å². The summed E-state index contributed by atoms with van der Waals surface area (Å²) in [6, 6.07) is 13.3. The maximum Gasteiger partial charge on any atom is 0.127 e. The first-order chi connectivity index (χ1) is 10.2. The summed E-state index contributed by atoms with van der Waals surface area (Å²) < 4.78 is 19.5. The first kappa shape index (κ1) is 14.4. The second kappa shape index (κ2) is 6.08. The Labute approximate surface area is 128 Å². The van der Waals surface area contributed by atoms with E-state index in [1.165, 1.54) is 17.0 Å². The van der Waals surface area contributed by atoms with Gasteiger partial charge in [0.15, 0.2) is 0 Å². The smallest absolute Gasteiger partial charge is 0.127 e. The van der Waals surface area contributed by atoms with Crippen LogP contribution in [0.15, 0.2) is 47.4 Å². The fourth-order valence-corrected chi connectivity index (χ4v) is 3.14. The Morgan fingerprint density at radius 2 is 1.95 bits per heavy atom. The summed E-state index contributed by atoms with van der Waals surface area (Å²) in [6.07, 6.45) is 2.85. The van der Waals surface area contributed by atoms with Gasteiger partial charge >= 0.3 is 0 Å². The molecule has 0 fully saturated rings. The lowest BCUT2D eigenvalue weighted by Crippen LogP contribution is -2.26. The van der Waals surface area contributed by atoms with Gasteiger partial charge in [0.1, 0.15) is 17.7 Å². The zero-order valence-electron chi connectivity index (χ0n) is 12.1. The Bertz CT molecular complexity index is 629. The molecule has 4 heteroatoms. The van der Waals surface area contributed by atoms with Crippen molar-refractivity contribution >= 4 is 11.8 Å². The molecule has 2 unspecified atom stereocenters. The molecule has 0 saturated heterocycles. The van der Waals surface area contributed by atoms with Crippen LogP contribution in [0.25, 0.3) is 0 Å². The van der Waals surface area contributed by atoms with E-state index in [4.69, 9.17) is 4.74 Å². The van der Waals surface area contributed by atoms with E-state index in [1.54, 1.807) is 17.8 Å². The molecule has 1 aliphatic heterocycles. The average Bonchev–Trinajstić information content (AvgIpc) is 2.53. The zero-order chi connectivity index (χ0) is 14.8. The van der Waals surface area contributed by atoms with Gasteiger partial charge in [-0.3, -0.25) is 0 Å². The second-order valence-electron chi connectivity index (χ2n) is 5.14. The third-order valence-corrected chi connectivity index (χ3v) is 4.65. The minimum Gasteiger partial charge on any atom is -0.485 e. The largest absolute Gasteiger partial charge is 0.485 e. The minimum atomic E-state index is -0.262. The molecular weight excluding hydrogens is 285 g/mol. The summed E-state index contributed by atoms with van der Waals surface area (Å²) >= 11 is 1.72. The number of fused-ring (bicyclic) bond motifs is 1. The molecule has 3 rings (SSSR count). The molecule has 0 bridgehead atoms. The third-order valence-electron chi connectivity index (χ3n) is 3.91. The van der Waals surface area contributed by atoms with E-state index in [1.807, 2.05) is 7.05 Å². The number of hydrogen-bond donors (Lipinski definition) is 1. The second-order valence-corrected chi connectivity index (χ2v) is 6.02. The van der Waals surface area contributed by atoms with Crippen molar-refractivity contribution in [3.8, 4) is 5.75 Å². The normalized spacial score (nSPS) is 20.7. The van der Waals surface area contributed by atoms with Gasteiger partial charge in [-0.15, -0.1) is 11.8 Å². The first-order valence-electron chi connectivity index (χ1n) is 6.98. The highest BCUT2D eigenvalue weighted by Gasteiger charge is 2.28. The average molecular weight is 303 g/mol. The lowest BCUT2D eigenvalue weighted by molar-refractivity contribution is 0.153. The highest BCUT2D eigenvalue weighted by molar-refractivity contribution is 7.98. The molecule has 1 aliphatic rings. The molecule has 2 aromatic carbocycles. The monoisotopic (exact) mass is 303 g/mol. The lowest BCUT2D eigenvalue weighted by atomic mass is 9.93. The number of nitrogens with one attached hydrogen (secondary N) is 1. The Morgan fingerprint density at radius 1 is 1.19 bits per heavy atom. The predicted octanol–water partition coefficient (Wildman–Crippen LogP) is 4.33. The van der Waals surface area contributed by atoms with Crippen LogP contribution in [0, 0.1) is 5.82 Å². The quantitative estimate of drug-likeness (QED) is 0.853. The van der Waals surface area contributed by atoms with E-state index in [2.05, 4.69) is 35.8 Å². The van der Waals surface area contributed by atoms with Crippen molar-refractivity contribution in [1.82, 2.24) is 5.32 Å². The van der Waals surface area contributed by atoms with E-state index in [0.29, 0.717) is 5.75 Å². The van der Waals surface area contributed by atoms with Crippen molar-refractivity contribution in [1.29, 1.82) is 0 Å². The first-order valence-corrected chi connectivity index (χ1v) is 8.21. The van der Waals surface area contributed by atoms with Gasteiger partial charge in [0.2, 0.25) is 0 Å². The SMILES string of the molecule is CNC1CC(c2ccc(SC)cc2)Oc2cc(F)ccc21.